The van der Waals surface area contributed by atoms with Gasteiger partial charge in [0.1, 0.15) is 0 Å². The van der Waals surface area contributed by atoms with Crippen molar-refractivity contribution < 1.29 is 0 Å². The van der Waals surface area contributed by atoms with Gasteiger partial charge in [-0.2, -0.15) is 0 Å². The molecule has 0 heterocycles. The van der Waals surface area contributed by atoms with Crippen molar-refractivity contribution in [3.63, 3.8) is 0 Å². The summed E-state index contributed by atoms with van der Waals surface area (Å²) in [5.41, 5.74) is 1.84. The lowest BCUT2D eigenvalue weighted by molar-refractivity contribution is 0.313. The molecule has 1 aromatic carbocycles. The molecule has 0 nitrogen and oxygen atoms in total. The van der Waals surface area contributed by atoms with E-state index in [0.29, 0.717) is 5.41 Å². The molecule has 0 radical (unpaired) electrons. The molecule has 0 N–H and O–H groups in total. The molecule has 2 aliphatic carbocycles. The zero-order valence-electron chi connectivity index (χ0n) is 10.0. The second-order valence-corrected chi connectivity index (χ2v) is 5.66. The molecule has 0 unspecified atom stereocenters. The molecular weight excluding hydrogens is 192 g/mol. The predicted molar refractivity (Wildman–Crippen MR) is 69.0 cm³/mol. The van der Waals surface area contributed by atoms with Crippen LogP contribution in [0.2, 0.25) is 0 Å². The zero-order valence-corrected chi connectivity index (χ0v) is 10.0. The summed E-state index contributed by atoms with van der Waals surface area (Å²) in [5, 5.41) is 0. The SMILES string of the molecule is CC(/C=C/c1ccccc1)(C1CC1)C1CC1. The Balaban J connectivity index is 1.78. The van der Waals surface area contributed by atoms with Gasteiger partial charge in [0.05, 0.1) is 0 Å². The van der Waals surface area contributed by atoms with Gasteiger partial charge in [0.25, 0.3) is 0 Å². The van der Waals surface area contributed by atoms with Crippen LogP contribution in [0, 0.1) is 17.3 Å². The lowest BCUT2D eigenvalue weighted by Crippen LogP contribution is -2.18. The van der Waals surface area contributed by atoms with E-state index in [1.54, 1.807) is 0 Å². The summed E-state index contributed by atoms with van der Waals surface area (Å²) >= 11 is 0. The molecule has 2 fully saturated rings. The minimum absolute atomic E-state index is 0.496. The number of hydrogen-bond donors (Lipinski definition) is 0. The number of rotatable bonds is 4. The fourth-order valence-electron chi connectivity index (χ4n) is 2.86. The summed E-state index contributed by atoms with van der Waals surface area (Å²) in [7, 11) is 0. The van der Waals surface area contributed by atoms with Crippen LogP contribution in [0.1, 0.15) is 38.2 Å². The first-order chi connectivity index (χ1) is 7.79. The third-order valence-corrected chi connectivity index (χ3v) is 4.35. The molecular formula is C16H20. The fourth-order valence-corrected chi connectivity index (χ4v) is 2.86. The van der Waals surface area contributed by atoms with Crippen LogP contribution in [-0.2, 0) is 0 Å². The molecule has 0 atom stereocenters. The molecule has 2 aliphatic rings. The van der Waals surface area contributed by atoms with E-state index in [1.807, 2.05) is 0 Å². The summed E-state index contributed by atoms with van der Waals surface area (Å²) < 4.78 is 0. The largest absolute Gasteiger partial charge is 0.0774 e. The number of allylic oxidation sites excluding steroid dienone is 1. The summed E-state index contributed by atoms with van der Waals surface area (Å²) in [6.07, 6.45) is 10.6. The van der Waals surface area contributed by atoms with Crippen LogP contribution >= 0.6 is 0 Å². The van der Waals surface area contributed by atoms with Gasteiger partial charge in [0.15, 0.2) is 0 Å². The predicted octanol–water partition coefficient (Wildman–Crippen LogP) is 4.53. The highest BCUT2D eigenvalue weighted by atomic mass is 14.5. The van der Waals surface area contributed by atoms with E-state index in [2.05, 4.69) is 49.4 Å². The molecule has 0 amide bonds. The zero-order chi connectivity index (χ0) is 11.0. The summed E-state index contributed by atoms with van der Waals surface area (Å²) in [5.74, 6) is 1.94. The third-order valence-electron chi connectivity index (χ3n) is 4.35. The third kappa shape index (κ3) is 1.93. The van der Waals surface area contributed by atoms with Crippen molar-refractivity contribution in [1.29, 1.82) is 0 Å². The fraction of sp³-hybridized carbons (Fsp3) is 0.500. The Hall–Kier alpha value is -1.04. The van der Waals surface area contributed by atoms with Crippen molar-refractivity contribution in [3.05, 3.63) is 42.0 Å². The molecule has 1 aromatic rings. The Morgan fingerprint density at radius 2 is 1.56 bits per heavy atom. The van der Waals surface area contributed by atoms with Crippen molar-refractivity contribution in [3.8, 4) is 0 Å². The van der Waals surface area contributed by atoms with E-state index < -0.39 is 0 Å². The molecule has 84 valence electrons. The lowest BCUT2D eigenvalue weighted by Gasteiger charge is -2.25. The Morgan fingerprint density at radius 1 is 1.00 bits per heavy atom. The van der Waals surface area contributed by atoms with Crippen LogP contribution in [0.15, 0.2) is 36.4 Å². The van der Waals surface area contributed by atoms with Gasteiger partial charge in [-0.05, 0) is 48.5 Å². The Morgan fingerprint density at radius 3 is 2.06 bits per heavy atom. The molecule has 0 aromatic heterocycles. The maximum atomic E-state index is 2.50. The second-order valence-electron chi connectivity index (χ2n) is 5.66. The van der Waals surface area contributed by atoms with Gasteiger partial charge in [-0.1, -0.05) is 49.4 Å². The Labute approximate surface area is 98.4 Å². The molecule has 0 bridgehead atoms. The first-order valence-electron chi connectivity index (χ1n) is 6.53. The van der Waals surface area contributed by atoms with Gasteiger partial charge < -0.3 is 0 Å². The minimum Gasteiger partial charge on any atom is -0.0774 e. The van der Waals surface area contributed by atoms with Crippen molar-refractivity contribution in [2.75, 3.05) is 0 Å². The van der Waals surface area contributed by atoms with Crippen LogP contribution in [0.5, 0.6) is 0 Å². The van der Waals surface area contributed by atoms with Gasteiger partial charge in [-0.25, -0.2) is 0 Å². The molecule has 2 saturated carbocycles. The summed E-state index contributed by atoms with van der Waals surface area (Å²) in [6, 6.07) is 10.7. The van der Waals surface area contributed by atoms with E-state index in [1.165, 1.54) is 31.2 Å². The van der Waals surface area contributed by atoms with Crippen LogP contribution in [0.4, 0.5) is 0 Å². The first-order valence-corrected chi connectivity index (χ1v) is 6.53. The average Bonchev–Trinajstić information content (AvgIpc) is 3.20. The van der Waals surface area contributed by atoms with Crippen molar-refractivity contribution in [2.24, 2.45) is 17.3 Å². The van der Waals surface area contributed by atoms with Crippen molar-refractivity contribution >= 4 is 6.08 Å². The van der Waals surface area contributed by atoms with Gasteiger partial charge in [-0.3, -0.25) is 0 Å². The van der Waals surface area contributed by atoms with E-state index >= 15 is 0 Å². The first kappa shape index (κ1) is 10.1. The number of hydrogen-bond acceptors (Lipinski definition) is 0. The quantitative estimate of drug-likeness (QED) is 0.688. The molecule has 0 saturated heterocycles. The highest BCUT2D eigenvalue weighted by Gasteiger charge is 2.49. The Kier molecular flexibility index (Phi) is 2.38. The highest BCUT2D eigenvalue weighted by molar-refractivity contribution is 5.50. The second kappa shape index (κ2) is 3.76. The van der Waals surface area contributed by atoms with Crippen molar-refractivity contribution in [2.45, 2.75) is 32.6 Å². The summed E-state index contributed by atoms with van der Waals surface area (Å²) in [4.78, 5) is 0. The summed E-state index contributed by atoms with van der Waals surface area (Å²) in [6.45, 7) is 2.47. The van der Waals surface area contributed by atoms with E-state index in [0.717, 1.165) is 11.8 Å². The van der Waals surface area contributed by atoms with Gasteiger partial charge in [0, 0.05) is 0 Å². The van der Waals surface area contributed by atoms with Crippen LogP contribution in [0.3, 0.4) is 0 Å². The molecule has 3 rings (SSSR count). The van der Waals surface area contributed by atoms with Crippen LogP contribution in [0.25, 0.3) is 6.08 Å². The molecule has 16 heavy (non-hydrogen) atoms. The normalized spacial score (nSPS) is 21.6. The van der Waals surface area contributed by atoms with Crippen molar-refractivity contribution in [1.82, 2.24) is 0 Å². The van der Waals surface area contributed by atoms with E-state index in [4.69, 9.17) is 0 Å². The van der Waals surface area contributed by atoms with Crippen LogP contribution in [-0.4, -0.2) is 0 Å². The van der Waals surface area contributed by atoms with Gasteiger partial charge >= 0.3 is 0 Å². The van der Waals surface area contributed by atoms with Crippen LogP contribution < -0.4 is 0 Å². The maximum absolute atomic E-state index is 2.50. The molecule has 0 spiro atoms. The molecule has 0 aliphatic heterocycles. The monoisotopic (exact) mass is 212 g/mol. The standard InChI is InChI=1S/C16H20/c1-16(14-7-8-14,15-9-10-15)12-11-13-5-3-2-4-6-13/h2-6,11-12,14-15H,7-10H2,1H3/b12-11+. The number of benzene rings is 1. The van der Waals surface area contributed by atoms with Gasteiger partial charge in [-0.15, -0.1) is 0 Å². The van der Waals surface area contributed by atoms with E-state index in [9.17, 15) is 0 Å². The highest BCUT2D eigenvalue weighted by Crippen LogP contribution is 2.58. The van der Waals surface area contributed by atoms with Gasteiger partial charge in [0.2, 0.25) is 0 Å². The minimum atomic E-state index is 0.496. The Bertz CT molecular complexity index is 368. The lowest BCUT2D eigenvalue weighted by atomic mass is 9.79. The maximum Gasteiger partial charge on any atom is -0.00867 e. The smallest absolute Gasteiger partial charge is 0.00867 e. The van der Waals surface area contributed by atoms with E-state index in [-0.39, 0.29) is 0 Å². The topological polar surface area (TPSA) is 0 Å². The molecule has 0 heteroatoms. The average molecular weight is 212 g/mol.